The van der Waals surface area contributed by atoms with E-state index in [1.165, 1.54) is 18.2 Å². The van der Waals surface area contributed by atoms with Crippen molar-refractivity contribution in [3.63, 3.8) is 0 Å². The van der Waals surface area contributed by atoms with Gasteiger partial charge in [0, 0.05) is 9.26 Å². The highest BCUT2D eigenvalue weighted by atomic mass is 127. The second-order valence-electron chi connectivity index (χ2n) is 4.03. The van der Waals surface area contributed by atoms with Crippen molar-refractivity contribution in [3.05, 3.63) is 51.9 Å². The van der Waals surface area contributed by atoms with Crippen LogP contribution in [-0.2, 0) is 4.79 Å². The third kappa shape index (κ3) is 4.09. The zero-order valence-corrected chi connectivity index (χ0v) is 12.6. The van der Waals surface area contributed by atoms with E-state index in [2.05, 4.69) is 27.9 Å². The molecule has 0 bridgehead atoms. The molecular formula is C14H12FIN2O2. The maximum Gasteiger partial charge on any atom is 0.262 e. The molecule has 0 aliphatic heterocycles. The van der Waals surface area contributed by atoms with Gasteiger partial charge in [-0.2, -0.15) is 0 Å². The van der Waals surface area contributed by atoms with E-state index in [1.807, 2.05) is 12.1 Å². The molecule has 20 heavy (non-hydrogen) atoms. The van der Waals surface area contributed by atoms with Crippen molar-refractivity contribution < 1.29 is 13.9 Å². The topological polar surface area (TPSA) is 64.3 Å². The minimum absolute atomic E-state index is 0.0428. The third-order valence-electron chi connectivity index (χ3n) is 2.43. The van der Waals surface area contributed by atoms with Gasteiger partial charge in [-0.3, -0.25) is 4.79 Å². The second-order valence-corrected chi connectivity index (χ2v) is 5.28. The van der Waals surface area contributed by atoms with Crippen molar-refractivity contribution in [1.29, 1.82) is 0 Å². The number of rotatable bonds is 4. The standard InChI is InChI=1S/C14H12FIN2O2/c15-12-5-4-10(17)7-13(12)18-14(19)8-20-11-3-1-2-9(16)6-11/h1-7H,8,17H2,(H,18,19). The molecule has 0 spiro atoms. The number of halogens is 2. The molecule has 0 radical (unpaired) electrons. The molecule has 0 unspecified atom stereocenters. The molecule has 0 aliphatic carbocycles. The molecule has 0 aliphatic rings. The molecule has 2 rings (SSSR count). The summed E-state index contributed by atoms with van der Waals surface area (Å²) < 4.78 is 19.8. The lowest BCUT2D eigenvalue weighted by molar-refractivity contribution is -0.118. The Labute approximate surface area is 129 Å². The number of carbonyl (C=O) groups excluding carboxylic acids is 1. The summed E-state index contributed by atoms with van der Waals surface area (Å²) in [6, 6.07) is 11.3. The first-order chi connectivity index (χ1) is 9.54. The lowest BCUT2D eigenvalue weighted by Gasteiger charge is -2.09. The smallest absolute Gasteiger partial charge is 0.262 e. The van der Waals surface area contributed by atoms with Crippen LogP contribution in [0.1, 0.15) is 0 Å². The van der Waals surface area contributed by atoms with Gasteiger partial charge in [-0.15, -0.1) is 0 Å². The Hall–Kier alpha value is -1.83. The van der Waals surface area contributed by atoms with E-state index in [-0.39, 0.29) is 12.3 Å². The maximum atomic E-state index is 13.4. The Balaban J connectivity index is 1.94. The molecule has 0 aromatic heterocycles. The number of nitrogen functional groups attached to an aromatic ring is 1. The van der Waals surface area contributed by atoms with Crippen molar-refractivity contribution in [2.75, 3.05) is 17.7 Å². The molecular weight excluding hydrogens is 374 g/mol. The molecule has 1 amide bonds. The van der Waals surface area contributed by atoms with E-state index in [4.69, 9.17) is 10.5 Å². The fraction of sp³-hybridized carbons (Fsp3) is 0.0714. The fourth-order valence-corrected chi connectivity index (χ4v) is 2.05. The van der Waals surface area contributed by atoms with Crippen molar-refractivity contribution in [1.82, 2.24) is 0 Å². The van der Waals surface area contributed by atoms with Crippen LogP contribution in [0.5, 0.6) is 5.75 Å². The van der Waals surface area contributed by atoms with Gasteiger partial charge in [-0.25, -0.2) is 4.39 Å². The Morgan fingerprint density at radius 2 is 2.10 bits per heavy atom. The zero-order valence-electron chi connectivity index (χ0n) is 10.4. The van der Waals surface area contributed by atoms with Gasteiger partial charge in [0.1, 0.15) is 11.6 Å². The summed E-state index contributed by atoms with van der Waals surface area (Å²) in [5, 5.41) is 2.42. The molecule has 3 N–H and O–H groups in total. The van der Waals surface area contributed by atoms with Crippen LogP contribution in [0.4, 0.5) is 15.8 Å². The summed E-state index contributed by atoms with van der Waals surface area (Å²) in [6.45, 7) is -0.200. The molecule has 4 nitrogen and oxygen atoms in total. The van der Waals surface area contributed by atoms with Crippen molar-refractivity contribution in [2.24, 2.45) is 0 Å². The Kier molecular flexibility index (Phi) is 4.78. The largest absolute Gasteiger partial charge is 0.484 e. The predicted molar refractivity (Wildman–Crippen MR) is 84.1 cm³/mol. The van der Waals surface area contributed by atoms with E-state index in [0.29, 0.717) is 11.4 Å². The van der Waals surface area contributed by atoms with E-state index in [9.17, 15) is 9.18 Å². The van der Waals surface area contributed by atoms with Gasteiger partial charge in [0.05, 0.1) is 5.69 Å². The van der Waals surface area contributed by atoms with Gasteiger partial charge in [0.15, 0.2) is 6.61 Å². The number of ether oxygens (including phenoxy) is 1. The van der Waals surface area contributed by atoms with Gasteiger partial charge in [-0.05, 0) is 59.0 Å². The van der Waals surface area contributed by atoms with E-state index in [1.54, 1.807) is 12.1 Å². The van der Waals surface area contributed by atoms with Crippen molar-refractivity contribution >= 4 is 39.9 Å². The summed E-state index contributed by atoms with van der Waals surface area (Å²) in [7, 11) is 0. The maximum absolute atomic E-state index is 13.4. The third-order valence-corrected chi connectivity index (χ3v) is 3.10. The quantitative estimate of drug-likeness (QED) is 0.627. The van der Waals surface area contributed by atoms with E-state index < -0.39 is 11.7 Å². The minimum atomic E-state index is -0.540. The molecule has 0 atom stereocenters. The SMILES string of the molecule is Nc1ccc(F)c(NC(=O)COc2cccc(I)c2)c1. The number of benzene rings is 2. The molecule has 0 saturated heterocycles. The van der Waals surface area contributed by atoms with E-state index >= 15 is 0 Å². The van der Waals surface area contributed by atoms with Crippen LogP contribution in [0.3, 0.4) is 0 Å². The molecule has 6 heteroatoms. The predicted octanol–water partition coefficient (Wildman–Crippen LogP) is 3.03. The molecule has 2 aromatic rings. The summed E-state index contributed by atoms with van der Waals surface area (Å²) in [4.78, 5) is 11.7. The lowest BCUT2D eigenvalue weighted by Crippen LogP contribution is -2.20. The number of nitrogens with one attached hydrogen (secondary N) is 1. The van der Waals surface area contributed by atoms with Crippen LogP contribution in [0, 0.1) is 9.39 Å². The van der Waals surface area contributed by atoms with Crippen LogP contribution >= 0.6 is 22.6 Å². The summed E-state index contributed by atoms with van der Waals surface area (Å²) >= 11 is 2.14. The average Bonchev–Trinajstić information content (AvgIpc) is 2.41. The first-order valence-corrected chi connectivity index (χ1v) is 6.86. The number of nitrogens with two attached hydrogens (primary N) is 1. The van der Waals surface area contributed by atoms with Crippen LogP contribution in [0.2, 0.25) is 0 Å². The van der Waals surface area contributed by atoms with Crippen molar-refractivity contribution in [3.8, 4) is 5.75 Å². The highest BCUT2D eigenvalue weighted by Gasteiger charge is 2.08. The number of amides is 1. The van der Waals surface area contributed by atoms with Gasteiger partial charge >= 0.3 is 0 Å². The molecule has 104 valence electrons. The summed E-state index contributed by atoms with van der Waals surface area (Å²) in [5.41, 5.74) is 5.95. The normalized spacial score (nSPS) is 10.1. The number of hydrogen-bond acceptors (Lipinski definition) is 3. The average molecular weight is 386 g/mol. The van der Waals surface area contributed by atoms with Crippen LogP contribution in [0.25, 0.3) is 0 Å². The molecule has 0 saturated carbocycles. The first kappa shape index (κ1) is 14.6. The minimum Gasteiger partial charge on any atom is -0.484 e. The number of hydrogen-bond donors (Lipinski definition) is 2. The first-order valence-electron chi connectivity index (χ1n) is 5.78. The van der Waals surface area contributed by atoms with Gasteiger partial charge in [0.2, 0.25) is 0 Å². The highest BCUT2D eigenvalue weighted by molar-refractivity contribution is 14.1. The molecule has 2 aromatic carbocycles. The fourth-order valence-electron chi connectivity index (χ4n) is 1.53. The summed E-state index contributed by atoms with van der Waals surface area (Å²) in [5.74, 6) is -0.407. The Morgan fingerprint density at radius 3 is 2.85 bits per heavy atom. The molecule has 0 fully saturated rings. The summed E-state index contributed by atoms with van der Waals surface area (Å²) in [6.07, 6.45) is 0. The monoisotopic (exact) mass is 386 g/mol. The number of carbonyl (C=O) groups is 1. The van der Waals surface area contributed by atoms with E-state index in [0.717, 1.165) is 3.57 Å². The zero-order chi connectivity index (χ0) is 14.5. The van der Waals surface area contributed by atoms with Gasteiger partial charge < -0.3 is 15.8 Å². The lowest BCUT2D eigenvalue weighted by atomic mass is 10.2. The van der Waals surface area contributed by atoms with Crippen LogP contribution in [0.15, 0.2) is 42.5 Å². The Morgan fingerprint density at radius 1 is 1.30 bits per heavy atom. The highest BCUT2D eigenvalue weighted by Crippen LogP contribution is 2.18. The van der Waals surface area contributed by atoms with Crippen LogP contribution in [-0.4, -0.2) is 12.5 Å². The second kappa shape index (κ2) is 6.56. The Bertz CT molecular complexity index is 634. The molecule has 0 heterocycles. The van der Waals surface area contributed by atoms with Gasteiger partial charge in [-0.1, -0.05) is 6.07 Å². The van der Waals surface area contributed by atoms with Gasteiger partial charge in [0.25, 0.3) is 5.91 Å². The number of anilines is 2. The van der Waals surface area contributed by atoms with Crippen LogP contribution < -0.4 is 15.8 Å². The van der Waals surface area contributed by atoms with Crippen molar-refractivity contribution in [2.45, 2.75) is 0 Å².